The van der Waals surface area contributed by atoms with Crippen LogP contribution in [0.1, 0.15) is 63.9 Å². The Bertz CT molecular complexity index is 768. The Morgan fingerprint density at radius 3 is 2.00 bits per heavy atom. The van der Waals surface area contributed by atoms with E-state index in [2.05, 4.69) is 48.0 Å². The highest BCUT2D eigenvalue weighted by atomic mass is 28.3. The second-order valence-corrected chi connectivity index (χ2v) is 13.4. The Kier molecular flexibility index (Phi) is 9.94. The smallest absolute Gasteiger partial charge is 0.159 e. The van der Waals surface area contributed by atoms with E-state index in [0.29, 0.717) is 0 Å². The highest BCUT2D eigenvalue weighted by Gasteiger charge is 2.08. The minimum absolute atomic E-state index is 0.721. The average Bonchev–Trinajstić information content (AvgIpc) is 2.71. The lowest BCUT2D eigenvalue weighted by atomic mass is 10.1. The summed E-state index contributed by atoms with van der Waals surface area (Å²) in [5.74, 6) is 4.82. The van der Waals surface area contributed by atoms with Crippen molar-refractivity contribution in [1.29, 1.82) is 0 Å². The standard InChI is InChI=1S/C25H36N2OSi/c1-5-6-7-8-9-10-11-12-18-28-24-15-13-23(14-16-24)25-26-20-22(21-27-25)17-19-29(2,3)4/h13-16,20-21H,5-12,18H2,1-4H3. The molecular weight excluding hydrogens is 372 g/mol. The molecule has 0 bridgehead atoms. The van der Waals surface area contributed by atoms with E-state index in [9.17, 15) is 0 Å². The lowest BCUT2D eigenvalue weighted by molar-refractivity contribution is 0.304. The fraction of sp³-hybridized carbons (Fsp3) is 0.520. The van der Waals surface area contributed by atoms with Gasteiger partial charge in [0.1, 0.15) is 13.8 Å². The molecule has 0 unspecified atom stereocenters. The van der Waals surface area contributed by atoms with Crippen molar-refractivity contribution in [3.05, 3.63) is 42.2 Å². The molecule has 0 saturated carbocycles. The summed E-state index contributed by atoms with van der Waals surface area (Å²) in [4.78, 5) is 8.93. The Labute approximate surface area is 178 Å². The van der Waals surface area contributed by atoms with Gasteiger partial charge in [0, 0.05) is 18.0 Å². The zero-order valence-corrected chi connectivity index (χ0v) is 19.6. The molecule has 1 heterocycles. The van der Waals surface area contributed by atoms with Crippen LogP contribution in [0, 0.1) is 11.5 Å². The second kappa shape index (κ2) is 12.4. The van der Waals surface area contributed by atoms with Crippen molar-refractivity contribution in [3.63, 3.8) is 0 Å². The molecule has 1 aromatic carbocycles. The van der Waals surface area contributed by atoms with Crippen LogP contribution in [0.4, 0.5) is 0 Å². The summed E-state index contributed by atoms with van der Waals surface area (Å²) in [5.41, 5.74) is 5.21. The summed E-state index contributed by atoms with van der Waals surface area (Å²) in [6.45, 7) is 9.74. The SMILES string of the molecule is CCCCCCCCCCOc1ccc(-c2ncc(C#C[Si](C)(C)C)cn2)cc1. The Morgan fingerprint density at radius 1 is 0.828 bits per heavy atom. The maximum absolute atomic E-state index is 5.87. The maximum atomic E-state index is 5.87. The van der Waals surface area contributed by atoms with Gasteiger partial charge in [-0.2, -0.15) is 0 Å². The van der Waals surface area contributed by atoms with E-state index in [1.54, 1.807) is 0 Å². The molecule has 2 aromatic rings. The van der Waals surface area contributed by atoms with Crippen LogP contribution in [0.25, 0.3) is 11.4 Å². The third-order valence-electron chi connectivity index (χ3n) is 4.61. The minimum atomic E-state index is -1.38. The van der Waals surface area contributed by atoms with E-state index in [4.69, 9.17) is 4.74 Å². The third-order valence-corrected chi connectivity index (χ3v) is 5.49. The van der Waals surface area contributed by atoms with Gasteiger partial charge in [-0.15, -0.1) is 5.54 Å². The van der Waals surface area contributed by atoms with Gasteiger partial charge in [-0.05, 0) is 30.7 Å². The normalized spacial score (nSPS) is 11.0. The van der Waals surface area contributed by atoms with Gasteiger partial charge < -0.3 is 4.74 Å². The van der Waals surface area contributed by atoms with E-state index in [1.807, 2.05) is 36.7 Å². The molecule has 156 valence electrons. The fourth-order valence-corrected chi connectivity index (χ4v) is 3.45. The number of benzene rings is 1. The van der Waals surface area contributed by atoms with E-state index < -0.39 is 8.07 Å². The highest BCUT2D eigenvalue weighted by Crippen LogP contribution is 2.19. The van der Waals surface area contributed by atoms with E-state index in [0.717, 1.165) is 35.7 Å². The zero-order chi connectivity index (χ0) is 21.0. The van der Waals surface area contributed by atoms with Gasteiger partial charge in [0.2, 0.25) is 0 Å². The first kappa shape index (κ1) is 23.2. The molecule has 0 N–H and O–H groups in total. The maximum Gasteiger partial charge on any atom is 0.159 e. The zero-order valence-electron chi connectivity index (χ0n) is 18.6. The van der Waals surface area contributed by atoms with Crippen LogP contribution in [-0.4, -0.2) is 24.6 Å². The number of hydrogen-bond donors (Lipinski definition) is 0. The van der Waals surface area contributed by atoms with Crippen LogP contribution in [0.15, 0.2) is 36.7 Å². The van der Waals surface area contributed by atoms with Crippen molar-refractivity contribution in [3.8, 4) is 28.6 Å². The quantitative estimate of drug-likeness (QED) is 0.231. The van der Waals surface area contributed by atoms with Gasteiger partial charge in [-0.3, -0.25) is 0 Å². The van der Waals surface area contributed by atoms with Gasteiger partial charge >= 0.3 is 0 Å². The molecule has 0 aliphatic rings. The molecule has 29 heavy (non-hydrogen) atoms. The van der Waals surface area contributed by atoms with Gasteiger partial charge in [0.05, 0.1) is 12.2 Å². The van der Waals surface area contributed by atoms with Crippen LogP contribution in [0.3, 0.4) is 0 Å². The molecule has 0 saturated heterocycles. The van der Waals surface area contributed by atoms with E-state index >= 15 is 0 Å². The lowest BCUT2D eigenvalue weighted by Gasteiger charge is -2.07. The first-order valence-electron chi connectivity index (χ1n) is 11.1. The van der Waals surface area contributed by atoms with Crippen LogP contribution < -0.4 is 4.74 Å². The highest BCUT2D eigenvalue weighted by molar-refractivity contribution is 6.83. The van der Waals surface area contributed by atoms with Gasteiger partial charge in [0.15, 0.2) is 5.82 Å². The van der Waals surface area contributed by atoms with Crippen LogP contribution in [-0.2, 0) is 0 Å². The second-order valence-electron chi connectivity index (χ2n) is 8.64. The Hall–Kier alpha value is -2.12. The van der Waals surface area contributed by atoms with Crippen molar-refractivity contribution >= 4 is 8.07 Å². The third kappa shape index (κ3) is 9.76. The average molecular weight is 409 g/mol. The molecule has 1 aromatic heterocycles. The van der Waals surface area contributed by atoms with Crippen LogP contribution in [0.2, 0.25) is 19.6 Å². The summed E-state index contributed by atoms with van der Waals surface area (Å²) in [6, 6.07) is 8.04. The van der Waals surface area contributed by atoms with Crippen molar-refractivity contribution in [1.82, 2.24) is 9.97 Å². The van der Waals surface area contributed by atoms with Crippen LogP contribution >= 0.6 is 0 Å². The topological polar surface area (TPSA) is 35.0 Å². The summed E-state index contributed by atoms with van der Waals surface area (Å²) < 4.78 is 5.87. The lowest BCUT2D eigenvalue weighted by Crippen LogP contribution is -2.16. The van der Waals surface area contributed by atoms with Crippen molar-refractivity contribution < 1.29 is 4.74 Å². The molecule has 0 aliphatic carbocycles. The van der Waals surface area contributed by atoms with Crippen molar-refractivity contribution in [2.24, 2.45) is 0 Å². The number of ether oxygens (including phenoxy) is 1. The summed E-state index contributed by atoms with van der Waals surface area (Å²) in [6.07, 6.45) is 14.1. The molecule has 0 fully saturated rings. The first-order valence-corrected chi connectivity index (χ1v) is 14.6. The predicted molar refractivity (Wildman–Crippen MR) is 126 cm³/mol. The summed E-state index contributed by atoms with van der Waals surface area (Å²) in [5, 5.41) is 0. The van der Waals surface area contributed by atoms with Crippen LogP contribution in [0.5, 0.6) is 5.75 Å². The summed E-state index contributed by atoms with van der Waals surface area (Å²) in [7, 11) is -1.38. The van der Waals surface area contributed by atoms with Gasteiger partial charge in [-0.1, -0.05) is 77.4 Å². The molecule has 0 amide bonds. The Morgan fingerprint density at radius 2 is 1.41 bits per heavy atom. The van der Waals surface area contributed by atoms with Gasteiger partial charge in [0.25, 0.3) is 0 Å². The van der Waals surface area contributed by atoms with Crippen molar-refractivity contribution in [2.45, 2.75) is 77.9 Å². The largest absolute Gasteiger partial charge is 0.494 e. The van der Waals surface area contributed by atoms with Gasteiger partial charge in [-0.25, -0.2) is 9.97 Å². The molecule has 2 rings (SSSR count). The molecule has 0 aliphatic heterocycles. The number of nitrogens with zero attached hydrogens (tertiary/aromatic N) is 2. The molecule has 0 spiro atoms. The predicted octanol–water partition coefficient (Wildman–Crippen LogP) is 6.89. The summed E-state index contributed by atoms with van der Waals surface area (Å²) >= 11 is 0. The fourth-order valence-electron chi connectivity index (χ4n) is 2.93. The molecule has 4 heteroatoms. The number of aromatic nitrogens is 2. The molecule has 0 atom stereocenters. The monoisotopic (exact) mass is 408 g/mol. The molecular formula is C25H36N2OSi. The molecule has 3 nitrogen and oxygen atoms in total. The first-order chi connectivity index (χ1) is 14.0. The number of rotatable bonds is 11. The number of unbranched alkanes of at least 4 members (excludes halogenated alkanes) is 7. The Balaban J connectivity index is 1.73. The number of hydrogen-bond acceptors (Lipinski definition) is 3. The minimum Gasteiger partial charge on any atom is -0.494 e. The molecule has 0 radical (unpaired) electrons. The van der Waals surface area contributed by atoms with E-state index in [-0.39, 0.29) is 0 Å². The van der Waals surface area contributed by atoms with Crippen molar-refractivity contribution in [2.75, 3.05) is 6.61 Å². The van der Waals surface area contributed by atoms with E-state index in [1.165, 1.54) is 44.9 Å².